The van der Waals surface area contributed by atoms with Crippen LogP contribution in [-0.4, -0.2) is 33.8 Å². The summed E-state index contributed by atoms with van der Waals surface area (Å²) in [6.07, 6.45) is 1.15. The quantitative estimate of drug-likeness (QED) is 0.565. The molecule has 3 nitrogen and oxygen atoms in total. The number of benzene rings is 1. The third-order valence-electron chi connectivity index (χ3n) is 2.76. The first kappa shape index (κ1) is 14.6. The van der Waals surface area contributed by atoms with Crippen molar-refractivity contribution >= 4 is 5.69 Å². The molecular formula is C15H24N2O. The minimum Gasteiger partial charge on any atom is -0.497 e. The van der Waals surface area contributed by atoms with Crippen LogP contribution < -0.4 is 15.0 Å². The Hall–Kier alpha value is -1.48. The number of nitrogens with zero attached hydrogens (tertiary/aromatic N) is 1. The molecule has 1 aromatic rings. The van der Waals surface area contributed by atoms with E-state index in [1.54, 1.807) is 7.11 Å². The van der Waals surface area contributed by atoms with Gasteiger partial charge in [0.1, 0.15) is 5.75 Å². The van der Waals surface area contributed by atoms with Crippen LogP contribution in [0.2, 0.25) is 0 Å². The van der Waals surface area contributed by atoms with E-state index in [1.807, 2.05) is 18.2 Å². The number of hydrogen-bond donors (Lipinski definition) is 1. The van der Waals surface area contributed by atoms with E-state index in [0.29, 0.717) is 0 Å². The standard InChI is InChI=1S/C15H24N2O/c1-5-9-16-11-13(2)12-17(3)14-7-6-8-15(10-14)18-4/h6-8,10,16H,2,5,9,11-12H2,1,3-4H3. The first-order valence-electron chi connectivity index (χ1n) is 6.40. The van der Waals surface area contributed by atoms with E-state index in [1.165, 1.54) is 5.57 Å². The fourth-order valence-electron chi connectivity index (χ4n) is 1.77. The fraction of sp³-hybridized carbons (Fsp3) is 0.467. The molecule has 0 aliphatic rings. The Labute approximate surface area is 110 Å². The van der Waals surface area contributed by atoms with Crippen LogP contribution in [0, 0.1) is 0 Å². The van der Waals surface area contributed by atoms with Gasteiger partial charge in [-0.1, -0.05) is 19.6 Å². The maximum absolute atomic E-state index is 5.23. The minimum absolute atomic E-state index is 0.851. The monoisotopic (exact) mass is 248 g/mol. The number of rotatable bonds is 8. The lowest BCUT2D eigenvalue weighted by atomic mass is 10.2. The van der Waals surface area contributed by atoms with Gasteiger partial charge in [0.2, 0.25) is 0 Å². The number of ether oxygens (including phenoxy) is 1. The van der Waals surface area contributed by atoms with Crippen molar-refractivity contribution in [2.75, 3.05) is 38.7 Å². The van der Waals surface area contributed by atoms with Crippen LogP contribution in [0.4, 0.5) is 5.69 Å². The van der Waals surface area contributed by atoms with Crippen LogP contribution in [0.25, 0.3) is 0 Å². The molecule has 0 atom stereocenters. The lowest BCUT2D eigenvalue weighted by molar-refractivity contribution is 0.415. The van der Waals surface area contributed by atoms with Gasteiger partial charge in [0, 0.05) is 31.9 Å². The van der Waals surface area contributed by atoms with Gasteiger partial charge in [-0.25, -0.2) is 0 Å². The average molecular weight is 248 g/mol. The van der Waals surface area contributed by atoms with Crippen molar-refractivity contribution in [2.24, 2.45) is 0 Å². The molecule has 0 heterocycles. The number of hydrogen-bond acceptors (Lipinski definition) is 3. The van der Waals surface area contributed by atoms with Crippen molar-refractivity contribution in [1.82, 2.24) is 5.32 Å². The fourth-order valence-corrected chi connectivity index (χ4v) is 1.77. The summed E-state index contributed by atoms with van der Waals surface area (Å²) in [5.74, 6) is 0.883. The SMILES string of the molecule is C=C(CNCCC)CN(C)c1cccc(OC)c1. The molecule has 18 heavy (non-hydrogen) atoms. The first-order valence-corrected chi connectivity index (χ1v) is 6.40. The van der Waals surface area contributed by atoms with E-state index >= 15 is 0 Å². The predicted molar refractivity (Wildman–Crippen MR) is 78.6 cm³/mol. The number of nitrogens with one attached hydrogen (secondary N) is 1. The van der Waals surface area contributed by atoms with E-state index < -0.39 is 0 Å². The Balaban J connectivity index is 2.48. The van der Waals surface area contributed by atoms with E-state index in [-0.39, 0.29) is 0 Å². The van der Waals surface area contributed by atoms with Crippen LogP contribution in [0.15, 0.2) is 36.4 Å². The normalized spacial score (nSPS) is 10.2. The Morgan fingerprint density at radius 1 is 1.44 bits per heavy atom. The Morgan fingerprint density at radius 2 is 2.22 bits per heavy atom. The second-order valence-corrected chi connectivity index (χ2v) is 4.48. The highest BCUT2D eigenvalue weighted by molar-refractivity contribution is 5.50. The summed E-state index contributed by atoms with van der Waals surface area (Å²) in [7, 11) is 3.76. The van der Waals surface area contributed by atoms with E-state index in [4.69, 9.17) is 4.74 Å². The molecule has 1 aromatic carbocycles. The van der Waals surface area contributed by atoms with Crippen molar-refractivity contribution in [1.29, 1.82) is 0 Å². The van der Waals surface area contributed by atoms with Crippen molar-refractivity contribution in [3.8, 4) is 5.75 Å². The second kappa shape index (κ2) is 7.77. The third-order valence-corrected chi connectivity index (χ3v) is 2.76. The highest BCUT2D eigenvalue weighted by Crippen LogP contribution is 2.20. The molecule has 0 unspecified atom stereocenters. The zero-order valence-electron chi connectivity index (χ0n) is 11.7. The third kappa shape index (κ3) is 4.80. The van der Waals surface area contributed by atoms with Crippen molar-refractivity contribution < 1.29 is 4.74 Å². The molecule has 100 valence electrons. The van der Waals surface area contributed by atoms with Crippen LogP contribution in [0.3, 0.4) is 0 Å². The topological polar surface area (TPSA) is 24.5 Å². The average Bonchev–Trinajstić information content (AvgIpc) is 2.39. The van der Waals surface area contributed by atoms with Gasteiger partial charge in [-0.3, -0.25) is 0 Å². The largest absolute Gasteiger partial charge is 0.497 e. The number of anilines is 1. The lowest BCUT2D eigenvalue weighted by Crippen LogP contribution is -2.26. The molecule has 1 rings (SSSR count). The minimum atomic E-state index is 0.851. The van der Waals surface area contributed by atoms with Gasteiger partial charge in [-0.05, 0) is 30.7 Å². The molecule has 3 heteroatoms. The van der Waals surface area contributed by atoms with Crippen LogP contribution in [0.1, 0.15) is 13.3 Å². The number of methoxy groups -OCH3 is 1. The number of likely N-dealkylation sites (N-methyl/N-ethyl adjacent to an activating group) is 1. The molecule has 0 fully saturated rings. The molecule has 0 saturated carbocycles. The zero-order chi connectivity index (χ0) is 13.4. The van der Waals surface area contributed by atoms with Gasteiger partial charge in [0.05, 0.1) is 7.11 Å². The van der Waals surface area contributed by atoms with Gasteiger partial charge in [-0.2, -0.15) is 0 Å². The van der Waals surface area contributed by atoms with Crippen LogP contribution >= 0.6 is 0 Å². The second-order valence-electron chi connectivity index (χ2n) is 4.48. The van der Waals surface area contributed by atoms with E-state index in [2.05, 4.69) is 36.8 Å². The molecule has 0 aliphatic carbocycles. The Morgan fingerprint density at radius 3 is 2.89 bits per heavy atom. The molecule has 0 spiro atoms. The zero-order valence-corrected chi connectivity index (χ0v) is 11.7. The molecule has 0 radical (unpaired) electrons. The van der Waals surface area contributed by atoms with Gasteiger partial charge >= 0.3 is 0 Å². The first-order chi connectivity index (χ1) is 8.67. The lowest BCUT2D eigenvalue weighted by Gasteiger charge is -2.21. The summed E-state index contributed by atoms with van der Waals surface area (Å²) in [4.78, 5) is 2.18. The van der Waals surface area contributed by atoms with Crippen molar-refractivity contribution in [3.63, 3.8) is 0 Å². The summed E-state index contributed by atoms with van der Waals surface area (Å²) in [5.41, 5.74) is 2.33. The molecule has 0 aromatic heterocycles. The maximum Gasteiger partial charge on any atom is 0.120 e. The molecule has 1 N–H and O–H groups in total. The highest BCUT2D eigenvalue weighted by Gasteiger charge is 2.04. The molecular weight excluding hydrogens is 224 g/mol. The summed E-state index contributed by atoms with van der Waals surface area (Å²) in [6, 6.07) is 8.07. The van der Waals surface area contributed by atoms with Crippen LogP contribution in [0.5, 0.6) is 5.75 Å². The van der Waals surface area contributed by atoms with Crippen molar-refractivity contribution in [3.05, 3.63) is 36.4 Å². The summed E-state index contributed by atoms with van der Waals surface area (Å²) in [6.45, 7) is 9.04. The van der Waals surface area contributed by atoms with Gasteiger partial charge in [-0.15, -0.1) is 0 Å². The summed E-state index contributed by atoms with van der Waals surface area (Å²) in [5, 5.41) is 3.36. The molecule has 0 amide bonds. The van der Waals surface area contributed by atoms with Gasteiger partial charge in [0.25, 0.3) is 0 Å². The smallest absolute Gasteiger partial charge is 0.120 e. The maximum atomic E-state index is 5.23. The molecule has 0 saturated heterocycles. The molecule has 0 aliphatic heterocycles. The van der Waals surface area contributed by atoms with E-state index in [0.717, 1.165) is 37.5 Å². The van der Waals surface area contributed by atoms with Crippen LogP contribution in [-0.2, 0) is 0 Å². The van der Waals surface area contributed by atoms with Gasteiger partial charge in [0.15, 0.2) is 0 Å². The van der Waals surface area contributed by atoms with E-state index in [9.17, 15) is 0 Å². The highest BCUT2D eigenvalue weighted by atomic mass is 16.5. The predicted octanol–water partition coefficient (Wildman–Crippen LogP) is 2.69. The van der Waals surface area contributed by atoms with Gasteiger partial charge < -0.3 is 15.0 Å². The summed E-state index contributed by atoms with van der Waals surface area (Å²) < 4.78 is 5.23. The Bertz CT molecular complexity index is 377. The van der Waals surface area contributed by atoms with Crippen molar-refractivity contribution in [2.45, 2.75) is 13.3 Å². The molecule has 0 bridgehead atoms. The summed E-state index contributed by atoms with van der Waals surface area (Å²) >= 11 is 0. The Kier molecular flexibility index (Phi) is 6.29.